The van der Waals surface area contributed by atoms with Gasteiger partial charge in [0, 0.05) is 36.9 Å². The Morgan fingerprint density at radius 2 is 1.84 bits per heavy atom. The van der Waals surface area contributed by atoms with Crippen LogP contribution >= 0.6 is 0 Å². The maximum atomic E-state index is 5.57. The van der Waals surface area contributed by atoms with Crippen LogP contribution in [-0.2, 0) is 11.3 Å². The van der Waals surface area contributed by atoms with Crippen LogP contribution in [0.1, 0.15) is 24.1 Å². The fourth-order valence-corrected chi connectivity index (χ4v) is 3.31. The Morgan fingerprint density at radius 1 is 1.04 bits per heavy atom. The summed E-state index contributed by atoms with van der Waals surface area (Å²) in [4.78, 5) is 2.37. The van der Waals surface area contributed by atoms with E-state index < -0.39 is 0 Å². The van der Waals surface area contributed by atoms with Gasteiger partial charge >= 0.3 is 0 Å². The lowest BCUT2D eigenvalue weighted by molar-refractivity contribution is 0.122. The average Bonchev–Trinajstić information content (AvgIpc) is 3.16. The molecule has 25 heavy (non-hydrogen) atoms. The number of hydrogen-bond acceptors (Lipinski definition) is 5. The topological polar surface area (TPSA) is 43.0 Å². The van der Waals surface area contributed by atoms with Gasteiger partial charge in [0.2, 0.25) is 6.79 Å². The molecule has 0 amide bonds. The molecular formula is C20H24N2O3. The molecule has 4 rings (SSSR count). The molecular weight excluding hydrogens is 316 g/mol. The molecule has 2 aliphatic rings. The Kier molecular flexibility index (Phi) is 4.76. The summed E-state index contributed by atoms with van der Waals surface area (Å²) < 4.78 is 16.4. The molecule has 0 radical (unpaired) electrons. The minimum Gasteiger partial charge on any atom is -0.454 e. The molecule has 0 saturated carbocycles. The fraction of sp³-hybridized carbons (Fsp3) is 0.400. The van der Waals surface area contributed by atoms with Gasteiger partial charge in [-0.3, -0.25) is 0 Å². The number of benzene rings is 2. The predicted octanol–water partition coefficient (Wildman–Crippen LogP) is 3.10. The minimum atomic E-state index is 0.261. The second kappa shape index (κ2) is 7.33. The van der Waals surface area contributed by atoms with Crippen molar-refractivity contribution < 1.29 is 14.2 Å². The SMILES string of the molecule is C[C@H](NCc1cccc2c1OCO2)c1ccc(N2CCOCC2)cc1. The van der Waals surface area contributed by atoms with Gasteiger partial charge in [-0.2, -0.15) is 0 Å². The molecule has 0 bridgehead atoms. The second-order valence-corrected chi connectivity index (χ2v) is 6.44. The summed E-state index contributed by atoms with van der Waals surface area (Å²) >= 11 is 0. The van der Waals surface area contributed by atoms with Crippen molar-refractivity contribution in [2.75, 3.05) is 38.0 Å². The first-order chi connectivity index (χ1) is 12.3. The van der Waals surface area contributed by atoms with Crippen molar-refractivity contribution >= 4 is 5.69 Å². The van der Waals surface area contributed by atoms with Crippen LogP contribution in [0.25, 0.3) is 0 Å². The van der Waals surface area contributed by atoms with Crippen molar-refractivity contribution in [3.8, 4) is 11.5 Å². The highest BCUT2D eigenvalue weighted by Crippen LogP contribution is 2.35. The lowest BCUT2D eigenvalue weighted by Crippen LogP contribution is -2.36. The Bertz CT molecular complexity index is 711. The van der Waals surface area contributed by atoms with Crippen LogP contribution < -0.4 is 19.7 Å². The van der Waals surface area contributed by atoms with Crippen LogP contribution in [0, 0.1) is 0 Å². The zero-order chi connectivity index (χ0) is 17.1. The van der Waals surface area contributed by atoms with Crippen LogP contribution in [-0.4, -0.2) is 33.1 Å². The third-order valence-corrected chi connectivity index (χ3v) is 4.85. The molecule has 2 aromatic rings. The van der Waals surface area contributed by atoms with Crippen molar-refractivity contribution in [3.63, 3.8) is 0 Å². The van der Waals surface area contributed by atoms with E-state index in [9.17, 15) is 0 Å². The number of nitrogens with one attached hydrogen (secondary N) is 1. The number of ether oxygens (including phenoxy) is 3. The standard InChI is InChI=1S/C20H24N2O3/c1-15(21-13-17-3-2-4-19-20(17)25-14-24-19)16-5-7-18(8-6-16)22-9-11-23-12-10-22/h2-8,15,21H,9-14H2,1H3/t15-/m0/s1. The van der Waals surface area contributed by atoms with E-state index in [1.165, 1.54) is 11.3 Å². The molecule has 132 valence electrons. The Morgan fingerprint density at radius 3 is 2.64 bits per heavy atom. The third kappa shape index (κ3) is 3.57. The monoisotopic (exact) mass is 340 g/mol. The molecule has 1 fully saturated rings. The van der Waals surface area contributed by atoms with Crippen molar-refractivity contribution in [1.29, 1.82) is 0 Å². The summed E-state index contributed by atoms with van der Waals surface area (Å²) in [5.74, 6) is 1.70. The maximum Gasteiger partial charge on any atom is 0.231 e. The molecule has 1 N–H and O–H groups in total. The number of anilines is 1. The highest BCUT2D eigenvalue weighted by Gasteiger charge is 2.17. The predicted molar refractivity (Wildman–Crippen MR) is 97.3 cm³/mol. The average molecular weight is 340 g/mol. The molecule has 0 aliphatic carbocycles. The van der Waals surface area contributed by atoms with Gasteiger partial charge in [0.25, 0.3) is 0 Å². The van der Waals surface area contributed by atoms with Gasteiger partial charge < -0.3 is 24.4 Å². The molecule has 2 aliphatic heterocycles. The number of rotatable bonds is 5. The lowest BCUT2D eigenvalue weighted by Gasteiger charge is -2.29. The number of hydrogen-bond donors (Lipinski definition) is 1. The molecule has 5 nitrogen and oxygen atoms in total. The van der Waals surface area contributed by atoms with Gasteiger partial charge in [-0.05, 0) is 30.7 Å². The summed E-state index contributed by atoms with van der Waals surface area (Å²) in [6, 6.07) is 15.1. The third-order valence-electron chi connectivity index (χ3n) is 4.85. The highest BCUT2D eigenvalue weighted by molar-refractivity contribution is 5.49. The van der Waals surface area contributed by atoms with Crippen LogP contribution in [0.15, 0.2) is 42.5 Å². The van der Waals surface area contributed by atoms with Gasteiger partial charge in [-0.25, -0.2) is 0 Å². The summed E-state index contributed by atoms with van der Waals surface area (Å²) in [7, 11) is 0. The fourth-order valence-electron chi connectivity index (χ4n) is 3.31. The van der Waals surface area contributed by atoms with E-state index in [-0.39, 0.29) is 6.04 Å². The number of morpholine rings is 1. The molecule has 5 heteroatoms. The van der Waals surface area contributed by atoms with E-state index in [0.717, 1.165) is 49.9 Å². The van der Waals surface area contributed by atoms with Crippen LogP contribution in [0.3, 0.4) is 0 Å². The van der Waals surface area contributed by atoms with E-state index in [0.29, 0.717) is 6.79 Å². The highest BCUT2D eigenvalue weighted by atomic mass is 16.7. The molecule has 0 aromatic heterocycles. The van der Waals surface area contributed by atoms with E-state index in [1.54, 1.807) is 0 Å². The first kappa shape index (κ1) is 16.2. The number of fused-ring (bicyclic) bond motifs is 1. The molecule has 1 saturated heterocycles. The van der Waals surface area contributed by atoms with E-state index in [1.807, 2.05) is 12.1 Å². The van der Waals surface area contributed by atoms with Gasteiger partial charge in [0.05, 0.1) is 13.2 Å². The van der Waals surface area contributed by atoms with E-state index >= 15 is 0 Å². The quantitative estimate of drug-likeness (QED) is 0.906. The maximum absolute atomic E-state index is 5.57. The molecule has 0 unspecified atom stereocenters. The second-order valence-electron chi connectivity index (χ2n) is 6.44. The Labute approximate surface area is 148 Å². The van der Waals surface area contributed by atoms with Crippen molar-refractivity contribution in [3.05, 3.63) is 53.6 Å². The largest absolute Gasteiger partial charge is 0.454 e. The number of nitrogens with zero attached hydrogens (tertiary/aromatic N) is 1. The van der Waals surface area contributed by atoms with Gasteiger partial charge in [-0.15, -0.1) is 0 Å². The first-order valence-corrected chi connectivity index (χ1v) is 8.85. The van der Waals surface area contributed by atoms with Crippen LogP contribution in [0.4, 0.5) is 5.69 Å². The summed E-state index contributed by atoms with van der Waals surface area (Å²) in [6.45, 7) is 6.80. The lowest BCUT2D eigenvalue weighted by atomic mass is 10.1. The molecule has 1 atom stereocenters. The van der Waals surface area contributed by atoms with Crippen molar-refractivity contribution in [2.45, 2.75) is 19.5 Å². The summed E-state index contributed by atoms with van der Waals surface area (Å²) in [6.07, 6.45) is 0. The molecule has 2 heterocycles. The van der Waals surface area contributed by atoms with Gasteiger partial charge in [-0.1, -0.05) is 24.3 Å². The van der Waals surface area contributed by atoms with Crippen molar-refractivity contribution in [2.24, 2.45) is 0 Å². The summed E-state index contributed by atoms with van der Waals surface area (Å²) in [5, 5.41) is 3.57. The Balaban J connectivity index is 1.38. The normalized spacial score (nSPS) is 17.6. The van der Waals surface area contributed by atoms with Crippen LogP contribution in [0.5, 0.6) is 11.5 Å². The zero-order valence-electron chi connectivity index (χ0n) is 14.5. The van der Waals surface area contributed by atoms with Gasteiger partial charge in [0.15, 0.2) is 11.5 Å². The molecule has 0 spiro atoms. The van der Waals surface area contributed by atoms with Crippen molar-refractivity contribution in [1.82, 2.24) is 5.32 Å². The Hall–Kier alpha value is -2.24. The van der Waals surface area contributed by atoms with Gasteiger partial charge in [0.1, 0.15) is 0 Å². The van der Waals surface area contributed by atoms with E-state index in [4.69, 9.17) is 14.2 Å². The van der Waals surface area contributed by atoms with Crippen LogP contribution in [0.2, 0.25) is 0 Å². The zero-order valence-corrected chi connectivity index (χ0v) is 14.5. The first-order valence-electron chi connectivity index (χ1n) is 8.85. The summed E-state index contributed by atoms with van der Waals surface area (Å²) in [5.41, 5.74) is 3.68. The number of para-hydroxylation sites is 1. The minimum absolute atomic E-state index is 0.261. The molecule has 2 aromatic carbocycles. The van der Waals surface area contributed by atoms with E-state index in [2.05, 4.69) is 47.5 Å². The smallest absolute Gasteiger partial charge is 0.231 e.